The van der Waals surface area contributed by atoms with Crippen LogP contribution in [0.2, 0.25) is 0 Å². The molecule has 5 aromatic rings. The van der Waals surface area contributed by atoms with Crippen LogP contribution in [-0.4, -0.2) is 42.7 Å². The van der Waals surface area contributed by atoms with E-state index in [1.165, 1.54) is 12.1 Å². The van der Waals surface area contributed by atoms with Crippen molar-refractivity contribution in [3.8, 4) is 11.1 Å². The number of hydrogen-bond acceptors (Lipinski definition) is 5. The fraction of sp³-hybridized carbons (Fsp3) is 0.214. The largest absolute Gasteiger partial charge is 0.394 e. The van der Waals surface area contributed by atoms with E-state index in [2.05, 4.69) is 20.7 Å². The lowest BCUT2D eigenvalue weighted by Crippen LogP contribution is -2.30. The third-order valence-electron chi connectivity index (χ3n) is 6.85. The van der Waals surface area contributed by atoms with Crippen LogP contribution >= 0.6 is 0 Å². The number of amides is 2. The first-order valence-electron chi connectivity index (χ1n) is 12.3. The number of nitrogens with zero attached hydrogens (tertiary/aromatic N) is 4. The van der Waals surface area contributed by atoms with Gasteiger partial charge < -0.3 is 15.0 Å². The molecule has 0 spiro atoms. The first-order chi connectivity index (χ1) is 18.4. The molecule has 1 aliphatic rings. The average Bonchev–Trinajstić information content (AvgIpc) is 3.62. The smallest absolute Gasteiger partial charge is 0.254 e. The van der Waals surface area contributed by atoms with Crippen LogP contribution in [0.4, 0.5) is 10.3 Å². The first kappa shape index (κ1) is 23.8. The second-order valence-electron chi connectivity index (χ2n) is 9.56. The van der Waals surface area contributed by atoms with Crippen molar-refractivity contribution in [3.05, 3.63) is 83.9 Å². The standard InChI is InChI=1S/C28H25FN6O3/c1-34-14-22(27(38)30-23(15-36)16-4-7-20(29)8-5-16)21-12-18(6-9-24(21)34)19-10-11-35-25(13-19)31-28(33-35)32-26(37)17-2-3-17/h4-14,17,23,36H,2-3,15H2,1H3,(H,30,38)(H,32,33,37)/t23-/m0/s1. The second kappa shape index (κ2) is 9.38. The van der Waals surface area contributed by atoms with Crippen molar-refractivity contribution in [1.29, 1.82) is 0 Å². The number of nitrogens with one attached hydrogen (secondary N) is 2. The quantitative estimate of drug-likeness (QED) is 0.307. The van der Waals surface area contributed by atoms with Gasteiger partial charge in [-0.15, -0.1) is 5.10 Å². The van der Waals surface area contributed by atoms with E-state index >= 15 is 0 Å². The summed E-state index contributed by atoms with van der Waals surface area (Å²) in [7, 11) is 1.86. The Morgan fingerprint density at radius 1 is 1.11 bits per heavy atom. The molecule has 1 saturated carbocycles. The van der Waals surface area contributed by atoms with Crippen LogP contribution in [-0.2, 0) is 11.8 Å². The zero-order chi connectivity index (χ0) is 26.4. The summed E-state index contributed by atoms with van der Waals surface area (Å²) in [6, 6.07) is 14.6. The van der Waals surface area contributed by atoms with E-state index in [4.69, 9.17) is 0 Å². The van der Waals surface area contributed by atoms with Crippen LogP contribution in [0.5, 0.6) is 0 Å². The normalized spacial score (nSPS) is 14.1. The monoisotopic (exact) mass is 512 g/mol. The van der Waals surface area contributed by atoms with Crippen LogP contribution < -0.4 is 10.6 Å². The van der Waals surface area contributed by atoms with Gasteiger partial charge in [0.1, 0.15) is 5.82 Å². The molecule has 1 aliphatic carbocycles. The minimum Gasteiger partial charge on any atom is -0.394 e. The highest BCUT2D eigenvalue weighted by Crippen LogP contribution is 2.31. The zero-order valence-electron chi connectivity index (χ0n) is 20.6. The van der Waals surface area contributed by atoms with Gasteiger partial charge in [0, 0.05) is 36.3 Å². The van der Waals surface area contributed by atoms with Gasteiger partial charge in [-0.2, -0.15) is 4.98 Å². The van der Waals surface area contributed by atoms with Crippen molar-refractivity contribution in [2.45, 2.75) is 18.9 Å². The number of aliphatic hydroxyl groups is 1. The molecule has 1 atom stereocenters. The minimum atomic E-state index is -0.675. The Morgan fingerprint density at radius 2 is 1.87 bits per heavy atom. The van der Waals surface area contributed by atoms with Gasteiger partial charge in [0.2, 0.25) is 11.9 Å². The van der Waals surface area contributed by atoms with Gasteiger partial charge in [0.05, 0.1) is 18.2 Å². The second-order valence-corrected chi connectivity index (χ2v) is 9.56. The number of benzene rings is 2. The predicted molar refractivity (Wildman–Crippen MR) is 140 cm³/mol. The van der Waals surface area contributed by atoms with Crippen molar-refractivity contribution in [3.63, 3.8) is 0 Å². The molecule has 3 N–H and O–H groups in total. The Balaban J connectivity index is 1.30. The van der Waals surface area contributed by atoms with E-state index in [0.717, 1.165) is 34.9 Å². The number of halogens is 1. The first-order valence-corrected chi connectivity index (χ1v) is 12.3. The molecule has 192 valence electrons. The van der Waals surface area contributed by atoms with Crippen molar-refractivity contribution in [2.24, 2.45) is 13.0 Å². The summed E-state index contributed by atoms with van der Waals surface area (Å²) in [6.07, 6.45) is 5.33. The maximum atomic E-state index is 13.3. The number of hydrogen-bond donors (Lipinski definition) is 3. The number of rotatable bonds is 7. The highest BCUT2D eigenvalue weighted by molar-refractivity contribution is 6.08. The Hall–Kier alpha value is -4.57. The molecule has 3 aromatic heterocycles. The van der Waals surface area contributed by atoms with Gasteiger partial charge in [-0.1, -0.05) is 18.2 Å². The van der Waals surface area contributed by atoms with E-state index < -0.39 is 6.04 Å². The third-order valence-corrected chi connectivity index (χ3v) is 6.85. The van der Waals surface area contributed by atoms with Crippen molar-refractivity contribution in [1.82, 2.24) is 24.5 Å². The number of aromatic nitrogens is 4. The molecular formula is C28H25FN6O3. The van der Waals surface area contributed by atoms with Crippen molar-refractivity contribution < 1.29 is 19.1 Å². The predicted octanol–water partition coefficient (Wildman–Crippen LogP) is 3.84. The number of fused-ring (bicyclic) bond motifs is 2. The number of carbonyl (C=O) groups excluding carboxylic acids is 2. The molecular weight excluding hydrogens is 487 g/mol. The van der Waals surface area contributed by atoms with Gasteiger partial charge in [-0.25, -0.2) is 8.91 Å². The summed E-state index contributed by atoms with van der Waals surface area (Å²) < 4.78 is 16.8. The van der Waals surface area contributed by atoms with Gasteiger partial charge in [-0.05, 0) is 65.9 Å². The van der Waals surface area contributed by atoms with Gasteiger partial charge in [0.15, 0.2) is 5.65 Å². The van der Waals surface area contributed by atoms with Crippen LogP contribution in [0.25, 0.3) is 27.7 Å². The van der Waals surface area contributed by atoms with E-state index in [1.54, 1.807) is 29.0 Å². The number of aryl methyl sites for hydroxylation is 1. The summed E-state index contributed by atoms with van der Waals surface area (Å²) in [4.78, 5) is 29.8. The molecule has 6 rings (SSSR count). The lowest BCUT2D eigenvalue weighted by molar-refractivity contribution is -0.117. The molecule has 9 nitrogen and oxygen atoms in total. The van der Waals surface area contributed by atoms with Gasteiger partial charge in [-0.3, -0.25) is 14.9 Å². The molecule has 38 heavy (non-hydrogen) atoms. The zero-order valence-corrected chi connectivity index (χ0v) is 20.6. The lowest BCUT2D eigenvalue weighted by atomic mass is 10.0. The minimum absolute atomic E-state index is 0.0515. The maximum Gasteiger partial charge on any atom is 0.254 e. The van der Waals surface area contributed by atoms with E-state index in [9.17, 15) is 19.1 Å². The number of carbonyl (C=O) groups is 2. The highest BCUT2D eigenvalue weighted by atomic mass is 19.1. The molecule has 0 aliphatic heterocycles. The molecule has 1 fully saturated rings. The molecule has 2 amide bonds. The van der Waals surface area contributed by atoms with Crippen molar-refractivity contribution in [2.75, 3.05) is 11.9 Å². The molecule has 10 heteroatoms. The SMILES string of the molecule is Cn1cc(C(=O)N[C@@H](CO)c2ccc(F)cc2)c2cc(-c3ccn4nc(NC(=O)C5CC5)nc4c3)ccc21. The molecule has 0 radical (unpaired) electrons. The lowest BCUT2D eigenvalue weighted by Gasteiger charge is -2.16. The summed E-state index contributed by atoms with van der Waals surface area (Å²) in [5.41, 5.74) is 4.28. The number of anilines is 1. The summed E-state index contributed by atoms with van der Waals surface area (Å²) in [5, 5.41) is 20.6. The Morgan fingerprint density at radius 3 is 2.61 bits per heavy atom. The van der Waals surface area contributed by atoms with Gasteiger partial charge in [0.25, 0.3) is 5.91 Å². The maximum absolute atomic E-state index is 13.3. The van der Waals surface area contributed by atoms with Crippen LogP contribution in [0.3, 0.4) is 0 Å². The Labute approximate surface area is 216 Å². The highest BCUT2D eigenvalue weighted by Gasteiger charge is 2.30. The molecule has 0 unspecified atom stereocenters. The van der Waals surface area contributed by atoms with Crippen molar-refractivity contribution >= 4 is 34.3 Å². The average molecular weight is 513 g/mol. The fourth-order valence-corrected chi connectivity index (χ4v) is 4.59. The van der Waals surface area contributed by atoms with Gasteiger partial charge >= 0.3 is 0 Å². The summed E-state index contributed by atoms with van der Waals surface area (Å²) in [6.45, 7) is -0.325. The topological polar surface area (TPSA) is 114 Å². The number of pyridine rings is 1. The molecule has 2 aromatic carbocycles. The molecule has 3 heterocycles. The van der Waals surface area contributed by atoms with E-state index in [1.807, 2.05) is 41.9 Å². The Bertz CT molecular complexity index is 1690. The number of aliphatic hydroxyl groups excluding tert-OH is 1. The fourth-order valence-electron chi connectivity index (χ4n) is 4.59. The third kappa shape index (κ3) is 4.50. The van der Waals surface area contributed by atoms with E-state index in [-0.39, 0.29) is 36.1 Å². The molecule has 0 bridgehead atoms. The molecule has 0 saturated heterocycles. The summed E-state index contributed by atoms with van der Waals surface area (Å²) >= 11 is 0. The van der Waals surface area contributed by atoms with Crippen LogP contribution in [0.15, 0.2) is 67.0 Å². The van der Waals surface area contributed by atoms with Crippen LogP contribution in [0.1, 0.15) is 34.8 Å². The summed E-state index contributed by atoms with van der Waals surface area (Å²) in [5.74, 6) is -0.452. The van der Waals surface area contributed by atoms with Crippen LogP contribution in [0, 0.1) is 11.7 Å². The van der Waals surface area contributed by atoms with E-state index in [0.29, 0.717) is 16.8 Å². The Kier molecular flexibility index (Phi) is 5.88.